The van der Waals surface area contributed by atoms with E-state index in [0.29, 0.717) is 31.4 Å². The van der Waals surface area contributed by atoms with Crippen molar-refractivity contribution in [2.75, 3.05) is 26.9 Å². The number of ether oxygens (including phenoxy) is 2. The van der Waals surface area contributed by atoms with Gasteiger partial charge in [-0.3, -0.25) is 0 Å². The van der Waals surface area contributed by atoms with Crippen LogP contribution in [0.1, 0.15) is 24.9 Å². The second-order valence-electron chi connectivity index (χ2n) is 3.80. The summed E-state index contributed by atoms with van der Waals surface area (Å²) in [6.45, 7) is 3.87. The Labute approximate surface area is 121 Å². The molecule has 0 aliphatic carbocycles. The van der Waals surface area contributed by atoms with Crippen LogP contribution >= 0.6 is 27.5 Å². The third kappa shape index (κ3) is 5.18. The van der Waals surface area contributed by atoms with Crippen LogP contribution in [0.5, 0.6) is 0 Å². The van der Waals surface area contributed by atoms with E-state index < -0.39 is 0 Å². The molecule has 0 fully saturated rings. The number of rotatable bonds is 8. The summed E-state index contributed by atoms with van der Waals surface area (Å²) in [5.74, 6) is 0.726. The maximum absolute atomic E-state index is 6.06. The zero-order chi connectivity index (χ0) is 13.4. The van der Waals surface area contributed by atoms with Crippen molar-refractivity contribution in [1.82, 2.24) is 9.97 Å². The fourth-order valence-electron chi connectivity index (χ4n) is 1.43. The van der Waals surface area contributed by atoms with Crippen LogP contribution in [0, 0.1) is 0 Å². The van der Waals surface area contributed by atoms with E-state index in [0.717, 1.165) is 28.8 Å². The van der Waals surface area contributed by atoms with Crippen LogP contribution in [0.15, 0.2) is 4.47 Å². The van der Waals surface area contributed by atoms with Gasteiger partial charge >= 0.3 is 0 Å². The second-order valence-corrected chi connectivity index (χ2v) is 4.95. The minimum Gasteiger partial charge on any atom is -0.382 e. The topological polar surface area (TPSA) is 44.2 Å². The number of aryl methyl sites for hydroxylation is 1. The Morgan fingerprint density at radius 3 is 2.61 bits per heavy atom. The maximum atomic E-state index is 6.06. The van der Waals surface area contributed by atoms with Gasteiger partial charge in [-0.1, -0.05) is 24.9 Å². The highest BCUT2D eigenvalue weighted by molar-refractivity contribution is 9.10. The van der Waals surface area contributed by atoms with Gasteiger partial charge in [-0.05, 0) is 22.4 Å². The van der Waals surface area contributed by atoms with Crippen molar-refractivity contribution in [1.29, 1.82) is 0 Å². The van der Waals surface area contributed by atoms with E-state index in [9.17, 15) is 0 Å². The predicted molar refractivity (Wildman–Crippen MR) is 75.1 cm³/mol. The molecule has 0 aromatic carbocycles. The number of nitrogens with zero attached hydrogens (tertiary/aromatic N) is 2. The van der Waals surface area contributed by atoms with Crippen LogP contribution < -0.4 is 0 Å². The van der Waals surface area contributed by atoms with Gasteiger partial charge in [0, 0.05) is 13.5 Å². The van der Waals surface area contributed by atoms with Gasteiger partial charge in [-0.2, -0.15) is 0 Å². The average molecular weight is 338 g/mol. The Kier molecular flexibility index (Phi) is 7.74. The van der Waals surface area contributed by atoms with E-state index in [1.54, 1.807) is 7.11 Å². The van der Waals surface area contributed by atoms with Crippen LogP contribution in [0.25, 0.3) is 0 Å². The van der Waals surface area contributed by atoms with E-state index in [2.05, 4.69) is 32.8 Å². The Balaban J connectivity index is 2.55. The lowest BCUT2D eigenvalue weighted by atomic mass is 10.2. The van der Waals surface area contributed by atoms with Crippen molar-refractivity contribution in [2.24, 2.45) is 0 Å². The fraction of sp³-hybridized carbons (Fsp3) is 0.667. The van der Waals surface area contributed by atoms with Gasteiger partial charge in [0.15, 0.2) is 0 Å². The van der Waals surface area contributed by atoms with E-state index >= 15 is 0 Å². The Bertz CT molecular complexity index is 377. The summed E-state index contributed by atoms with van der Waals surface area (Å²) in [7, 11) is 1.65. The molecule has 0 atom stereocenters. The monoisotopic (exact) mass is 336 g/mol. The number of hydrogen-bond donors (Lipinski definition) is 0. The van der Waals surface area contributed by atoms with E-state index in [4.69, 9.17) is 21.1 Å². The number of hydrogen-bond acceptors (Lipinski definition) is 4. The first-order valence-electron chi connectivity index (χ1n) is 5.96. The van der Waals surface area contributed by atoms with Crippen molar-refractivity contribution in [2.45, 2.75) is 26.2 Å². The first-order valence-corrected chi connectivity index (χ1v) is 7.13. The molecule has 0 aliphatic rings. The lowest BCUT2D eigenvalue weighted by Gasteiger charge is -2.08. The molecular weight excluding hydrogens is 320 g/mol. The van der Waals surface area contributed by atoms with Gasteiger partial charge in [0.1, 0.15) is 11.0 Å². The Morgan fingerprint density at radius 1 is 1.17 bits per heavy atom. The minimum absolute atomic E-state index is 0.473. The largest absolute Gasteiger partial charge is 0.382 e. The molecule has 1 heterocycles. The molecule has 0 aliphatic heterocycles. The molecule has 0 unspecified atom stereocenters. The molecule has 1 rings (SSSR count). The predicted octanol–water partition coefficient (Wildman–Crippen LogP) is 3.05. The van der Waals surface area contributed by atoms with Crippen molar-refractivity contribution in [3.63, 3.8) is 0 Å². The van der Waals surface area contributed by atoms with Crippen LogP contribution in [0.2, 0.25) is 5.15 Å². The minimum atomic E-state index is 0.473. The quantitative estimate of drug-likeness (QED) is 0.540. The van der Waals surface area contributed by atoms with Crippen LogP contribution in [-0.2, 0) is 22.3 Å². The molecule has 0 amide bonds. The highest BCUT2D eigenvalue weighted by atomic mass is 79.9. The fourth-order valence-corrected chi connectivity index (χ4v) is 2.02. The molecular formula is C12H18BrClN2O2. The van der Waals surface area contributed by atoms with Gasteiger partial charge < -0.3 is 9.47 Å². The SMILES string of the molecule is CCCc1nc(CCOCCOC)nc(Cl)c1Br. The number of halogens is 2. The third-order valence-electron chi connectivity index (χ3n) is 2.31. The summed E-state index contributed by atoms with van der Waals surface area (Å²) in [4.78, 5) is 8.72. The van der Waals surface area contributed by atoms with E-state index in [1.165, 1.54) is 0 Å². The van der Waals surface area contributed by atoms with Crippen molar-refractivity contribution in [3.05, 3.63) is 21.1 Å². The molecule has 0 radical (unpaired) electrons. The van der Waals surface area contributed by atoms with E-state index in [-0.39, 0.29) is 0 Å². The summed E-state index contributed by atoms with van der Waals surface area (Å²) in [5.41, 5.74) is 0.962. The smallest absolute Gasteiger partial charge is 0.147 e. The zero-order valence-corrected chi connectivity index (χ0v) is 13.1. The third-order valence-corrected chi connectivity index (χ3v) is 3.65. The summed E-state index contributed by atoms with van der Waals surface area (Å²) < 4.78 is 11.1. The Hall–Kier alpha value is -0.230. The molecule has 1 aromatic rings. The van der Waals surface area contributed by atoms with Gasteiger partial charge in [-0.25, -0.2) is 9.97 Å². The van der Waals surface area contributed by atoms with Gasteiger partial charge in [0.05, 0.1) is 30.0 Å². The molecule has 0 N–H and O–H groups in total. The van der Waals surface area contributed by atoms with Crippen molar-refractivity contribution < 1.29 is 9.47 Å². The second kappa shape index (κ2) is 8.80. The number of methoxy groups -OCH3 is 1. The van der Waals surface area contributed by atoms with Crippen LogP contribution in [0.3, 0.4) is 0 Å². The van der Waals surface area contributed by atoms with E-state index in [1.807, 2.05) is 0 Å². The van der Waals surface area contributed by atoms with Crippen molar-refractivity contribution >= 4 is 27.5 Å². The summed E-state index contributed by atoms with van der Waals surface area (Å²) >= 11 is 9.47. The first kappa shape index (κ1) is 15.8. The van der Waals surface area contributed by atoms with Gasteiger partial charge in [0.2, 0.25) is 0 Å². The lowest BCUT2D eigenvalue weighted by molar-refractivity contribution is 0.0716. The molecule has 18 heavy (non-hydrogen) atoms. The van der Waals surface area contributed by atoms with Crippen LogP contribution in [0.4, 0.5) is 0 Å². The molecule has 6 heteroatoms. The number of aromatic nitrogens is 2. The average Bonchev–Trinajstić information content (AvgIpc) is 2.35. The normalized spacial score (nSPS) is 10.9. The standard InChI is InChI=1S/C12H18BrClN2O2/c1-3-4-9-11(13)12(14)16-10(15-9)5-6-18-8-7-17-2/h3-8H2,1-2H3. The molecule has 1 aromatic heterocycles. The van der Waals surface area contributed by atoms with Crippen molar-refractivity contribution in [3.8, 4) is 0 Å². The molecule has 0 saturated carbocycles. The molecule has 4 nitrogen and oxygen atoms in total. The molecule has 0 saturated heterocycles. The Morgan fingerprint density at radius 2 is 1.94 bits per heavy atom. The highest BCUT2D eigenvalue weighted by Gasteiger charge is 2.10. The zero-order valence-electron chi connectivity index (χ0n) is 10.7. The molecule has 0 spiro atoms. The van der Waals surface area contributed by atoms with Gasteiger partial charge in [-0.15, -0.1) is 0 Å². The molecule has 102 valence electrons. The summed E-state index contributed by atoms with van der Waals surface area (Å²) in [5, 5.41) is 0.473. The maximum Gasteiger partial charge on any atom is 0.147 e. The highest BCUT2D eigenvalue weighted by Crippen LogP contribution is 2.24. The van der Waals surface area contributed by atoms with Gasteiger partial charge in [0.25, 0.3) is 0 Å². The summed E-state index contributed by atoms with van der Waals surface area (Å²) in [6, 6.07) is 0. The first-order chi connectivity index (χ1) is 8.69. The van der Waals surface area contributed by atoms with Crippen LogP contribution in [-0.4, -0.2) is 36.9 Å². The lowest BCUT2D eigenvalue weighted by Crippen LogP contribution is -2.08. The molecule has 0 bridgehead atoms. The summed E-state index contributed by atoms with van der Waals surface area (Å²) in [6.07, 6.45) is 2.57.